The molecule has 112 valence electrons. The second-order valence-corrected chi connectivity index (χ2v) is 5.58. The quantitative estimate of drug-likeness (QED) is 0.506. The highest BCUT2D eigenvalue weighted by molar-refractivity contribution is 5.92. The number of hydrogen-bond donors (Lipinski definition) is 1. The van der Waals surface area contributed by atoms with Crippen molar-refractivity contribution >= 4 is 5.78 Å². The third-order valence-electron chi connectivity index (χ3n) is 3.96. The second kappa shape index (κ2) is 7.01. The van der Waals surface area contributed by atoms with Gasteiger partial charge in [-0.25, -0.2) is 8.78 Å². The zero-order valence-electron chi connectivity index (χ0n) is 12.6. The maximum Gasteiger partial charge on any atom is 0.246 e. The summed E-state index contributed by atoms with van der Waals surface area (Å²) < 4.78 is 26.0. The Hall–Kier alpha value is -0.930. The molecule has 19 heavy (non-hydrogen) atoms. The molecule has 0 fully saturated rings. The van der Waals surface area contributed by atoms with E-state index in [2.05, 4.69) is 0 Å². The molecular formula is C15H26F2O2. The van der Waals surface area contributed by atoms with Crippen LogP contribution < -0.4 is 0 Å². The van der Waals surface area contributed by atoms with E-state index in [1.54, 1.807) is 6.92 Å². The van der Waals surface area contributed by atoms with Crippen molar-refractivity contribution < 1.29 is 18.7 Å². The van der Waals surface area contributed by atoms with Crippen LogP contribution in [0.15, 0.2) is 11.8 Å². The Bertz CT molecular complexity index is 326. The summed E-state index contributed by atoms with van der Waals surface area (Å²) in [6.45, 7) is 8.24. The van der Waals surface area contributed by atoms with Gasteiger partial charge in [-0.15, -0.1) is 0 Å². The molecule has 0 rings (SSSR count). The van der Waals surface area contributed by atoms with Crippen LogP contribution in [0.5, 0.6) is 0 Å². The van der Waals surface area contributed by atoms with Gasteiger partial charge in [-0.3, -0.25) is 4.79 Å². The fraction of sp³-hybridized carbons (Fsp3) is 0.800. The summed E-state index contributed by atoms with van der Waals surface area (Å²) in [5.41, 5.74) is -0.456. The maximum absolute atomic E-state index is 13.0. The Balaban J connectivity index is 4.99. The Kier molecular flexibility index (Phi) is 6.67. The molecule has 2 nitrogen and oxygen atoms in total. The number of halogens is 2. The zero-order chi connectivity index (χ0) is 15.3. The molecule has 0 aliphatic rings. The first-order valence-corrected chi connectivity index (χ1v) is 6.92. The van der Waals surface area contributed by atoms with E-state index >= 15 is 0 Å². The van der Waals surface area contributed by atoms with E-state index in [0.29, 0.717) is 19.3 Å². The Morgan fingerprint density at radius 3 is 2.00 bits per heavy atom. The number of carbonyl (C=O) groups is 1. The number of alkyl halides is 2. The van der Waals surface area contributed by atoms with E-state index in [4.69, 9.17) is 0 Å². The molecule has 0 spiro atoms. The van der Waals surface area contributed by atoms with Crippen molar-refractivity contribution in [2.45, 2.75) is 66.2 Å². The first kappa shape index (κ1) is 18.1. The molecule has 0 saturated heterocycles. The van der Waals surface area contributed by atoms with Crippen LogP contribution in [-0.2, 0) is 4.79 Å². The summed E-state index contributed by atoms with van der Waals surface area (Å²) in [7, 11) is 0. The van der Waals surface area contributed by atoms with Crippen LogP contribution in [-0.4, -0.2) is 16.8 Å². The van der Waals surface area contributed by atoms with Crippen molar-refractivity contribution in [1.29, 1.82) is 0 Å². The number of ketones is 1. The van der Waals surface area contributed by atoms with Crippen LogP contribution in [0.25, 0.3) is 0 Å². The number of hydrogen-bond acceptors (Lipinski definition) is 2. The lowest BCUT2D eigenvalue weighted by Crippen LogP contribution is -2.24. The number of allylic oxidation sites excluding steroid dienone is 2. The van der Waals surface area contributed by atoms with Gasteiger partial charge in [0.05, 0.1) is 0 Å². The Labute approximate surface area is 114 Å². The van der Waals surface area contributed by atoms with Gasteiger partial charge in [-0.2, -0.15) is 0 Å². The molecule has 0 aliphatic carbocycles. The number of rotatable bonds is 8. The van der Waals surface area contributed by atoms with Gasteiger partial charge >= 0.3 is 0 Å². The van der Waals surface area contributed by atoms with Gasteiger partial charge < -0.3 is 5.11 Å². The average Bonchev–Trinajstić information content (AvgIpc) is 2.33. The van der Waals surface area contributed by atoms with Gasteiger partial charge in [0.25, 0.3) is 0 Å². The molecule has 0 amide bonds. The largest absolute Gasteiger partial charge is 0.512 e. The molecular weight excluding hydrogens is 250 g/mol. The summed E-state index contributed by atoms with van der Waals surface area (Å²) >= 11 is 0. The van der Waals surface area contributed by atoms with Crippen LogP contribution in [0.1, 0.15) is 60.3 Å². The SMILES string of the molecule is CCC(CC(C)(F)F)C(=O)/C=C(\O)C(C)(CC)CC. The standard InChI is InChI=1S/C15H26F2O2/c1-6-11(10-15(5,16)17)12(18)9-13(19)14(4,7-2)8-3/h9,11,19H,6-8,10H2,1-5H3/b13-9-. The van der Waals surface area contributed by atoms with Crippen molar-refractivity contribution in [2.75, 3.05) is 0 Å². The molecule has 0 aromatic carbocycles. The molecule has 1 unspecified atom stereocenters. The fourth-order valence-corrected chi connectivity index (χ4v) is 1.92. The molecule has 1 N–H and O–H groups in total. The predicted octanol–water partition coefficient (Wildman–Crippen LogP) is 4.90. The second-order valence-electron chi connectivity index (χ2n) is 5.58. The molecule has 0 saturated carbocycles. The van der Waals surface area contributed by atoms with Crippen LogP contribution in [0.4, 0.5) is 8.78 Å². The molecule has 0 heterocycles. The summed E-state index contributed by atoms with van der Waals surface area (Å²) in [6.07, 6.45) is 2.41. The summed E-state index contributed by atoms with van der Waals surface area (Å²) in [5.74, 6) is -4.01. The molecule has 1 atom stereocenters. The van der Waals surface area contributed by atoms with Gasteiger partial charge in [0.2, 0.25) is 5.92 Å². The van der Waals surface area contributed by atoms with Crippen LogP contribution in [0, 0.1) is 11.3 Å². The van der Waals surface area contributed by atoms with Crippen LogP contribution in [0.3, 0.4) is 0 Å². The lowest BCUT2D eigenvalue weighted by atomic mass is 9.81. The molecule has 4 heteroatoms. The van der Waals surface area contributed by atoms with E-state index in [-0.39, 0.29) is 5.76 Å². The van der Waals surface area contributed by atoms with Crippen molar-refractivity contribution in [1.82, 2.24) is 0 Å². The van der Waals surface area contributed by atoms with Gasteiger partial charge in [0, 0.05) is 23.8 Å². The van der Waals surface area contributed by atoms with Gasteiger partial charge in [-0.1, -0.05) is 27.7 Å². The van der Waals surface area contributed by atoms with Crippen LogP contribution >= 0.6 is 0 Å². The smallest absolute Gasteiger partial charge is 0.246 e. The summed E-state index contributed by atoms with van der Waals surface area (Å²) in [4.78, 5) is 12.0. The highest BCUT2D eigenvalue weighted by Gasteiger charge is 2.31. The molecule has 0 bridgehead atoms. The first-order valence-electron chi connectivity index (χ1n) is 6.92. The Morgan fingerprint density at radius 1 is 1.21 bits per heavy atom. The average molecular weight is 276 g/mol. The van der Waals surface area contributed by atoms with Crippen molar-refractivity contribution in [3.05, 3.63) is 11.8 Å². The highest BCUT2D eigenvalue weighted by Crippen LogP contribution is 2.33. The molecule has 0 aromatic heterocycles. The molecule has 0 aliphatic heterocycles. The van der Waals surface area contributed by atoms with Gasteiger partial charge in [-0.05, 0) is 26.2 Å². The number of carbonyl (C=O) groups excluding carboxylic acids is 1. The van der Waals surface area contributed by atoms with E-state index in [1.165, 1.54) is 0 Å². The third-order valence-corrected chi connectivity index (χ3v) is 3.96. The van der Waals surface area contributed by atoms with Crippen molar-refractivity contribution in [2.24, 2.45) is 11.3 Å². The zero-order valence-corrected chi connectivity index (χ0v) is 12.6. The van der Waals surface area contributed by atoms with E-state index < -0.39 is 29.5 Å². The van der Waals surface area contributed by atoms with Gasteiger partial charge in [0.1, 0.15) is 5.76 Å². The summed E-state index contributed by atoms with van der Waals surface area (Å²) in [5, 5.41) is 10.0. The number of aliphatic hydroxyl groups excluding tert-OH is 1. The van der Waals surface area contributed by atoms with Gasteiger partial charge in [0.15, 0.2) is 5.78 Å². The van der Waals surface area contributed by atoms with Crippen LogP contribution in [0.2, 0.25) is 0 Å². The third kappa shape index (κ3) is 5.70. The minimum atomic E-state index is -2.86. The summed E-state index contributed by atoms with van der Waals surface area (Å²) in [6, 6.07) is 0. The lowest BCUT2D eigenvalue weighted by Gasteiger charge is -2.26. The highest BCUT2D eigenvalue weighted by atomic mass is 19.3. The molecule has 0 radical (unpaired) electrons. The predicted molar refractivity (Wildman–Crippen MR) is 73.4 cm³/mol. The Morgan fingerprint density at radius 2 is 1.68 bits per heavy atom. The first-order chi connectivity index (χ1) is 8.59. The minimum absolute atomic E-state index is 0.000342. The minimum Gasteiger partial charge on any atom is -0.512 e. The number of aliphatic hydroxyl groups is 1. The topological polar surface area (TPSA) is 37.3 Å². The van der Waals surface area contributed by atoms with Crippen molar-refractivity contribution in [3.63, 3.8) is 0 Å². The van der Waals surface area contributed by atoms with E-state index in [9.17, 15) is 18.7 Å². The molecule has 0 aromatic rings. The lowest BCUT2D eigenvalue weighted by molar-refractivity contribution is -0.121. The maximum atomic E-state index is 13.0. The van der Waals surface area contributed by atoms with E-state index in [0.717, 1.165) is 13.0 Å². The van der Waals surface area contributed by atoms with E-state index in [1.807, 2.05) is 20.8 Å². The monoisotopic (exact) mass is 276 g/mol. The van der Waals surface area contributed by atoms with Crippen molar-refractivity contribution in [3.8, 4) is 0 Å². The normalized spacial score (nSPS) is 15.4. The fourth-order valence-electron chi connectivity index (χ4n) is 1.92.